The SMILES string of the molecule is COc1c(O)cc2ccccc2c1-c1c(OC)c(O)c(-c2c(O)c(OC)c(-c3c(OC)c(OCc4ccccc4)cc4ccccc34)c3ccccc23)c2ccccc12. The number of methoxy groups -OCH3 is 4. The zero-order valence-corrected chi connectivity index (χ0v) is 32.9. The summed E-state index contributed by atoms with van der Waals surface area (Å²) in [5, 5.41) is 42.6. The molecule has 0 aliphatic rings. The molecule has 9 rings (SSSR count). The third kappa shape index (κ3) is 5.91. The van der Waals surface area contributed by atoms with E-state index in [1.165, 1.54) is 21.3 Å². The van der Waals surface area contributed by atoms with Crippen LogP contribution in [0.15, 0.2) is 140 Å². The first kappa shape index (κ1) is 37.0. The first-order valence-corrected chi connectivity index (χ1v) is 19.1. The highest BCUT2D eigenvalue weighted by Gasteiger charge is 2.32. The lowest BCUT2D eigenvalue weighted by Crippen LogP contribution is -2.02. The number of ether oxygens (including phenoxy) is 5. The molecular weight excluding hydrogens is 741 g/mol. The molecule has 0 radical (unpaired) electrons. The fraction of sp³-hybridized carbons (Fsp3) is 0.0980. The first-order valence-electron chi connectivity index (χ1n) is 19.1. The maximum absolute atomic E-state index is 12.7. The maximum atomic E-state index is 12.7. The van der Waals surface area contributed by atoms with Gasteiger partial charge in [0.15, 0.2) is 46.0 Å². The van der Waals surface area contributed by atoms with Crippen molar-refractivity contribution in [3.8, 4) is 79.4 Å². The van der Waals surface area contributed by atoms with E-state index in [9.17, 15) is 15.3 Å². The molecule has 0 amide bonds. The van der Waals surface area contributed by atoms with E-state index in [0.717, 1.165) is 32.5 Å². The summed E-state index contributed by atoms with van der Waals surface area (Å²) >= 11 is 0. The Labute approximate surface area is 340 Å². The molecule has 0 heterocycles. The third-order valence-corrected chi connectivity index (χ3v) is 11.0. The van der Waals surface area contributed by atoms with E-state index in [-0.39, 0.29) is 34.5 Å². The molecule has 0 saturated heterocycles. The van der Waals surface area contributed by atoms with E-state index >= 15 is 0 Å². The van der Waals surface area contributed by atoms with E-state index in [1.807, 2.05) is 133 Å². The number of fused-ring (bicyclic) bond motifs is 4. The van der Waals surface area contributed by atoms with Crippen molar-refractivity contribution >= 4 is 43.1 Å². The Balaban J connectivity index is 1.37. The average molecular weight is 781 g/mol. The van der Waals surface area contributed by atoms with Crippen LogP contribution in [-0.2, 0) is 6.61 Å². The molecule has 0 aliphatic heterocycles. The summed E-state index contributed by atoms with van der Waals surface area (Å²) in [5.74, 6) is 1.07. The Morgan fingerprint density at radius 2 is 0.746 bits per heavy atom. The molecule has 3 N–H and O–H groups in total. The van der Waals surface area contributed by atoms with Crippen LogP contribution in [-0.4, -0.2) is 43.8 Å². The van der Waals surface area contributed by atoms with Gasteiger partial charge < -0.3 is 39.0 Å². The lowest BCUT2D eigenvalue weighted by Gasteiger charge is -2.25. The Morgan fingerprint density at radius 1 is 0.373 bits per heavy atom. The van der Waals surface area contributed by atoms with E-state index < -0.39 is 0 Å². The molecule has 8 heteroatoms. The van der Waals surface area contributed by atoms with Crippen molar-refractivity contribution in [3.05, 3.63) is 145 Å². The Hall–Kier alpha value is -7.58. The second-order valence-electron chi connectivity index (χ2n) is 14.2. The van der Waals surface area contributed by atoms with Gasteiger partial charge in [-0.3, -0.25) is 0 Å². The molecule has 0 fully saturated rings. The van der Waals surface area contributed by atoms with Crippen molar-refractivity contribution in [1.29, 1.82) is 0 Å². The molecule has 0 saturated carbocycles. The molecule has 9 aromatic rings. The number of hydrogen-bond acceptors (Lipinski definition) is 8. The highest BCUT2D eigenvalue weighted by Crippen LogP contribution is 2.60. The van der Waals surface area contributed by atoms with Crippen molar-refractivity contribution < 1.29 is 39.0 Å². The van der Waals surface area contributed by atoms with Gasteiger partial charge in [0.2, 0.25) is 0 Å². The van der Waals surface area contributed by atoms with Crippen LogP contribution in [0, 0.1) is 0 Å². The van der Waals surface area contributed by atoms with Gasteiger partial charge in [-0.2, -0.15) is 0 Å². The number of phenols is 3. The van der Waals surface area contributed by atoms with Gasteiger partial charge in [-0.1, -0.05) is 127 Å². The summed E-state index contributed by atoms with van der Waals surface area (Å²) in [4.78, 5) is 0. The fourth-order valence-corrected chi connectivity index (χ4v) is 8.57. The standard InChI is InChI=1S/C51H40O8/c1-55-48-38(52)26-30-18-8-10-20-32(30)42(48)44-36-24-14-12-22-34(36)40(46(53)50(44)57-3)41-35-23-13-15-25-37(35)45(51(58-4)47(41)54)43-33-21-11-9-19-31(33)27-39(49(43)56-2)59-28-29-16-6-5-7-17-29/h5-27,52-54H,28H2,1-4H3. The van der Waals surface area contributed by atoms with E-state index in [4.69, 9.17) is 23.7 Å². The first-order chi connectivity index (χ1) is 28.9. The number of aromatic hydroxyl groups is 3. The maximum Gasteiger partial charge on any atom is 0.169 e. The van der Waals surface area contributed by atoms with Crippen LogP contribution in [0.1, 0.15) is 5.56 Å². The van der Waals surface area contributed by atoms with Crippen LogP contribution in [0.2, 0.25) is 0 Å². The van der Waals surface area contributed by atoms with Gasteiger partial charge >= 0.3 is 0 Å². The van der Waals surface area contributed by atoms with Crippen LogP contribution in [0.4, 0.5) is 0 Å². The van der Waals surface area contributed by atoms with Gasteiger partial charge in [-0.15, -0.1) is 0 Å². The minimum absolute atomic E-state index is 0.0580. The largest absolute Gasteiger partial charge is 0.504 e. The molecule has 0 aromatic heterocycles. The summed E-state index contributed by atoms with van der Waals surface area (Å²) in [5.41, 5.74) is 4.00. The minimum Gasteiger partial charge on any atom is -0.504 e. The van der Waals surface area contributed by atoms with Gasteiger partial charge in [-0.25, -0.2) is 0 Å². The topological polar surface area (TPSA) is 107 Å². The van der Waals surface area contributed by atoms with Crippen LogP contribution >= 0.6 is 0 Å². The molecule has 292 valence electrons. The number of rotatable bonds is 10. The van der Waals surface area contributed by atoms with Crippen LogP contribution in [0.25, 0.3) is 76.5 Å². The van der Waals surface area contributed by atoms with Gasteiger partial charge in [0.05, 0.1) is 28.4 Å². The Bertz CT molecular complexity index is 3080. The van der Waals surface area contributed by atoms with Crippen LogP contribution in [0.3, 0.4) is 0 Å². The molecule has 0 aliphatic carbocycles. The zero-order valence-electron chi connectivity index (χ0n) is 32.9. The van der Waals surface area contributed by atoms with Crippen LogP contribution < -0.4 is 23.7 Å². The predicted octanol–water partition coefficient (Wildman–Crippen LogP) is 12.0. The summed E-state index contributed by atoms with van der Waals surface area (Å²) < 4.78 is 30.8. The van der Waals surface area contributed by atoms with Gasteiger partial charge in [-0.05, 0) is 60.8 Å². The monoisotopic (exact) mass is 780 g/mol. The second-order valence-corrected chi connectivity index (χ2v) is 14.2. The molecule has 59 heavy (non-hydrogen) atoms. The second kappa shape index (κ2) is 15.1. The molecule has 0 atom stereocenters. The molecular formula is C51H40O8. The highest BCUT2D eigenvalue weighted by molar-refractivity contribution is 6.22. The Morgan fingerprint density at radius 3 is 1.22 bits per heavy atom. The fourth-order valence-electron chi connectivity index (χ4n) is 8.57. The highest BCUT2D eigenvalue weighted by atomic mass is 16.5. The van der Waals surface area contributed by atoms with Crippen molar-refractivity contribution in [2.45, 2.75) is 6.61 Å². The predicted molar refractivity (Wildman–Crippen MR) is 235 cm³/mol. The lowest BCUT2D eigenvalue weighted by molar-refractivity contribution is 0.285. The van der Waals surface area contributed by atoms with Crippen molar-refractivity contribution in [2.24, 2.45) is 0 Å². The van der Waals surface area contributed by atoms with E-state index in [2.05, 4.69) is 0 Å². The van der Waals surface area contributed by atoms with Crippen molar-refractivity contribution in [1.82, 2.24) is 0 Å². The molecule has 8 nitrogen and oxygen atoms in total. The molecule has 0 unspecified atom stereocenters. The van der Waals surface area contributed by atoms with Gasteiger partial charge in [0, 0.05) is 33.4 Å². The van der Waals surface area contributed by atoms with E-state index in [0.29, 0.717) is 67.6 Å². The van der Waals surface area contributed by atoms with E-state index in [1.54, 1.807) is 13.2 Å². The Kier molecular flexibility index (Phi) is 9.45. The smallest absolute Gasteiger partial charge is 0.169 e. The molecule has 0 bridgehead atoms. The third-order valence-electron chi connectivity index (χ3n) is 11.0. The molecule has 9 aromatic carbocycles. The van der Waals surface area contributed by atoms with Gasteiger partial charge in [0.25, 0.3) is 0 Å². The number of hydrogen-bond donors (Lipinski definition) is 3. The zero-order chi connectivity index (χ0) is 40.8. The summed E-state index contributed by atoms with van der Waals surface area (Å²) in [7, 11) is 6.11. The van der Waals surface area contributed by atoms with Crippen molar-refractivity contribution in [3.63, 3.8) is 0 Å². The number of benzene rings is 9. The van der Waals surface area contributed by atoms with Crippen molar-refractivity contribution in [2.75, 3.05) is 28.4 Å². The van der Waals surface area contributed by atoms with Gasteiger partial charge in [0.1, 0.15) is 6.61 Å². The quantitative estimate of drug-likeness (QED) is 0.126. The normalized spacial score (nSPS) is 11.3. The average Bonchev–Trinajstić information content (AvgIpc) is 3.27. The van der Waals surface area contributed by atoms with Crippen LogP contribution in [0.5, 0.6) is 46.0 Å². The number of phenolic OH excluding ortho intramolecular Hbond substituents is 3. The lowest BCUT2D eigenvalue weighted by atomic mass is 9.84. The minimum atomic E-state index is -0.217. The summed E-state index contributed by atoms with van der Waals surface area (Å²) in [6, 6.07) is 44.4. The molecule has 0 spiro atoms. The summed E-state index contributed by atoms with van der Waals surface area (Å²) in [6.07, 6.45) is 0. The summed E-state index contributed by atoms with van der Waals surface area (Å²) in [6.45, 7) is 0.311.